The van der Waals surface area contributed by atoms with Gasteiger partial charge in [0.15, 0.2) is 10.8 Å². The zero-order valence-electron chi connectivity index (χ0n) is 13.2. The van der Waals surface area contributed by atoms with Crippen LogP contribution in [-0.2, 0) is 9.53 Å². The molecule has 122 valence electrons. The first-order valence-corrected chi connectivity index (χ1v) is 8.08. The van der Waals surface area contributed by atoms with Crippen LogP contribution < -0.4 is 5.32 Å². The Balaban J connectivity index is 2.21. The molecule has 0 spiro atoms. The predicted molar refractivity (Wildman–Crippen MR) is 85.9 cm³/mol. The van der Waals surface area contributed by atoms with Crippen molar-refractivity contribution in [3.05, 3.63) is 29.5 Å². The fourth-order valence-corrected chi connectivity index (χ4v) is 2.88. The highest BCUT2D eigenvalue weighted by Gasteiger charge is 2.38. The Morgan fingerprint density at radius 3 is 2.48 bits per heavy atom. The van der Waals surface area contributed by atoms with Gasteiger partial charge < -0.3 is 10.1 Å². The van der Waals surface area contributed by atoms with Crippen LogP contribution in [0.25, 0.3) is 10.8 Å². The lowest BCUT2D eigenvalue weighted by atomic mass is 9.92. The van der Waals surface area contributed by atoms with E-state index in [1.54, 1.807) is 23.8 Å². The van der Waals surface area contributed by atoms with E-state index in [1.165, 1.54) is 18.4 Å². The molecule has 0 radical (unpaired) electrons. The fraction of sp³-hybridized carbons (Fsp3) is 0.400. The highest BCUT2D eigenvalue weighted by Crippen LogP contribution is 2.22. The monoisotopic (exact) mass is 334 g/mol. The van der Waals surface area contributed by atoms with Gasteiger partial charge in [-0.2, -0.15) is 0 Å². The molecule has 7 nitrogen and oxygen atoms in total. The van der Waals surface area contributed by atoms with E-state index in [4.69, 9.17) is 4.74 Å². The molecule has 0 aliphatic carbocycles. The largest absolute Gasteiger partial charge is 0.467 e. The van der Waals surface area contributed by atoms with Crippen LogP contribution in [0.4, 0.5) is 0 Å². The number of carbonyl (C=O) groups excluding carboxylic acids is 2. The average molecular weight is 334 g/mol. The Morgan fingerprint density at radius 1 is 1.26 bits per heavy atom. The van der Waals surface area contributed by atoms with Gasteiger partial charge in [0.2, 0.25) is 0 Å². The summed E-state index contributed by atoms with van der Waals surface area (Å²) in [7, 11) is 1.31. The second-order valence-electron chi connectivity index (χ2n) is 4.85. The van der Waals surface area contributed by atoms with Crippen LogP contribution >= 0.6 is 11.3 Å². The number of ether oxygens (including phenoxy) is 1. The minimum absolute atomic E-state index is 0.229. The molecule has 0 aliphatic heterocycles. The molecule has 2 rings (SSSR count). The van der Waals surface area contributed by atoms with Crippen LogP contribution in [0.1, 0.15) is 37.2 Å². The van der Waals surface area contributed by atoms with Gasteiger partial charge in [0.25, 0.3) is 5.91 Å². The van der Waals surface area contributed by atoms with Crippen molar-refractivity contribution >= 4 is 23.2 Å². The SMILES string of the molecule is CCC(CC)(NC(=O)c1csc(-c2ncccn2)n1)C(=O)OC. The van der Waals surface area contributed by atoms with E-state index < -0.39 is 17.4 Å². The van der Waals surface area contributed by atoms with Crippen molar-refractivity contribution in [2.24, 2.45) is 0 Å². The number of thiazole rings is 1. The van der Waals surface area contributed by atoms with Crippen molar-refractivity contribution < 1.29 is 14.3 Å². The molecule has 0 atom stereocenters. The fourth-order valence-electron chi connectivity index (χ4n) is 2.13. The van der Waals surface area contributed by atoms with Gasteiger partial charge in [-0.15, -0.1) is 11.3 Å². The molecule has 1 amide bonds. The maximum Gasteiger partial charge on any atom is 0.331 e. The molecule has 0 fully saturated rings. The molecule has 1 N–H and O–H groups in total. The van der Waals surface area contributed by atoms with Gasteiger partial charge >= 0.3 is 5.97 Å². The summed E-state index contributed by atoms with van der Waals surface area (Å²) in [6, 6.07) is 1.71. The first kappa shape index (κ1) is 17.0. The van der Waals surface area contributed by atoms with E-state index in [0.29, 0.717) is 23.7 Å². The van der Waals surface area contributed by atoms with Crippen LogP contribution in [0.5, 0.6) is 0 Å². The molecule has 2 aromatic rings. The Hall–Kier alpha value is -2.35. The van der Waals surface area contributed by atoms with Gasteiger partial charge in [0.1, 0.15) is 11.2 Å². The molecule has 0 aromatic carbocycles. The van der Waals surface area contributed by atoms with E-state index in [2.05, 4.69) is 20.3 Å². The van der Waals surface area contributed by atoms with Crippen LogP contribution in [-0.4, -0.2) is 39.5 Å². The summed E-state index contributed by atoms with van der Waals surface area (Å²) >= 11 is 1.27. The number of rotatable bonds is 6. The third kappa shape index (κ3) is 3.53. The third-order valence-electron chi connectivity index (χ3n) is 3.63. The van der Waals surface area contributed by atoms with Crippen molar-refractivity contribution in [2.75, 3.05) is 7.11 Å². The van der Waals surface area contributed by atoms with E-state index in [0.717, 1.165) is 0 Å². The lowest BCUT2D eigenvalue weighted by Gasteiger charge is -2.29. The summed E-state index contributed by atoms with van der Waals surface area (Å²) in [6.45, 7) is 3.65. The number of amides is 1. The van der Waals surface area contributed by atoms with E-state index in [-0.39, 0.29) is 5.69 Å². The summed E-state index contributed by atoms with van der Waals surface area (Å²) in [5, 5.41) is 4.92. The zero-order valence-corrected chi connectivity index (χ0v) is 14.0. The minimum atomic E-state index is -1.04. The predicted octanol–water partition coefficient (Wildman–Crippen LogP) is 2.06. The standard InChI is InChI=1S/C15H18N4O3S/c1-4-15(5-2,14(21)22-3)19-12(20)10-9-23-13(18-10)11-16-7-6-8-17-11/h6-9H,4-5H2,1-3H3,(H,19,20). The number of nitrogens with one attached hydrogen (secondary N) is 1. The molecule has 0 bridgehead atoms. The van der Waals surface area contributed by atoms with Gasteiger partial charge in [-0.3, -0.25) is 4.79 Å². The summed E-state index contributed by atoms with van der Waals surface area (Å²) in [6.07, 6.45) is 4.08. The molecule has 0 unspecified atom stereocenters. The third-order valence-corrected chi connectivity index (χ3v) is 4.47. The summed E-state index contributed by atoms with van der Waals surface area (Å²) in [4.78, 5) is 36.9. The van der Waals surface area contributed by atoms with Gasteiger partial charge in [-0.05, 0) is 18.9 Å². The highest BCUT2D eigenvalue weighted by molar-refractivity contribution is 7.13. The molecule has 8 heteroatoms. The number of aromatic nitrogens is 3. The number of hydrogen-bond acceptors (Lipinski definition) is 7. The summed E-state index contributed by atoms with van der Waals surface area (Å²) < 4.78 is 4.82. The molecule has 0 aliphatic rings. The maximum atomic E-state index is 12.4. The van der Waals surface area contributed by atoms with Crippen LogP contribution in [0.3, 0.4) is 0 Å². The van der Waals surface area contributed by atoms with Crippen molar-refractivity contribution in [1.29, 1.82) is 0 Å². The summed E-state index contributed by atoms with van der Waals surface area (Å²) in [5.41, 5.74) is -0.814. The molecular weight excluding hydrogens is 316 g/mol. The van der Waals surface area contributed by atoms with Gasteiger partial charge in [-0.25, -0.2) is 19.7 Å². The van der Waals surface area contributed by atoms with Crippen molar-refractivity contribution in [3.8, 4) is 10.8 Å². The number of hydrogen-bond donors (Lipinski definition) is 1. The second kappa shape index (κ2) is 7.28. The molecule has 2 aromatic heterocycles. The van der Waals surface area contributed by atoms with E-state index in [1.807, 2.05) is 13.8 Å². The molecule has 0 saturated heterocycles. The number of methoxy groups -OCH3 is 1. The smallest absolute Gasteiger partial charge is 0.331 e. The van der Waals surface area contributed by atoms with Gasteiger partial charge in [-0.1, -0.05) is 13.8 Å². The minimum Gasteiger partial charge on any atom is -0.467 e. The first-order valence-electron chi connectivity index (χ1n) is 7.20. The van der Waals surface area contributed by atoms with Gasteiger partial charge in [0.05, 0.1) is 7.11 Å². The maximum absolute atomic E-state index is 12.4. The molecule has 0 saturated carbocycles. The van der Waals surface area contributed by atoms with Crippen LogP contribution in [0.15, 0.2) is 23.8 Å². The zero-order chi connectivity index (χ0) is 16.9. The van der Waals surface area contributed by atoms with E-state index >= 15 is 0 Å². The number of esters is 1. The lowest BCUT2D eigenvalue weighted by Crippen LogP contribution is -2.54. The Labute approximate surface area is 138 Å². The van der Waals surface area contributed by atoms with E-state index in [9.17, 15) is 9.59 Å². The lowest BCUT2D eigenvalue weighted by molar-refractivity contribution is -0.148. The number of nitrogens with zero attached hydrogens (tertiary/aromatic N) is 3. The molecular formula is C15H18N4O3S. The Morgan fingerprint density at radius 2 is 1.91 bits per heavy atom. The van der Waals surface area contributed by atoms with Crippen LogP contribution in [0, 0.1) is 0 Å². The van der Waals surface area contributed by atoms with Crippen LogP contribution in [0.2, 0.25) is 0 Å². The molecule has 23 heavy (non-hydrogen) atoms. The highest BCUT2D eigenvalue weighted by atomic mass is 32.1. The van der Waals surface area contributed by atoms with Gasteiger partial charge in [0, 0.05) is 17.8 Å². The van der Waals surface area contributed by atoms with Crippen molar-refractivity contribution in [1.82, 2.24) is 20.3 Å². The molecule has 2 heterocycles. The van der Waals surface area contributed by atoms with Crippen molar-refractivity contribution in [2.45, 2.75) is 32.2 Å². The average Bonchev–Trinajstić information content (AvgIpc) is 3.10. The van der Waals surface area contributed by atoms with Crippen molar-refractivity contribution in [3.63, 3.8) is 0 Å². The second-order valence-corrected chi connectivity index (χ2v) is 5.70. The summed E-state index contributed by atoms with van der Waals surface area (Å²) in [5.74, 6) is -0.419. The Kier molecular flexibility index (Phi) is 5.38. The Bertz CT molecular complexity index is 683. The first-order chi connectivity index (χ1) is 11.1. The number of carbonyl (C=O) groups is 2. The quantitative estimate of drug-likeness (QED) is 0.813. The normalized spacial score (nSPS) is 11.1. The topological polar surface area (TPSA) is 94.1 Å².